The molecule has 2 heterocycles. The predicted molar refractivity (Wildman–Crippen MR) is 91.0 cm³/mol. The second-order valence-corrected chi connectivity index (χ2v) is 6.36. The third kappa shape index (κ3) is 4.07. The highest BCUT2D eigenvalue weighted by molar-refractivity contribution is 6.30. The van der Waals surface area contributed by atoms with E-state index in [-0.39, 0.29) is 0 Å². The number of nitrogens with zero attached hydrogens (tertiary/aromatic N) is 3. The maximum absolute atomic E-state index is 5.94. The van der Waals surface area contributed by atoms with Crippen LogP contribution in [-0.2, 0) is 13.1 Å². The van der Waals surface area contributed by atoms with E-state index in [0.717, 1.165) is 50.0 Å². The molecule has 0 saturated carbocycles. The molecular formula is C18H22ClN3. The molecule has 2 aromatic rings. The molecule has 0 bridgehead atoms. The number of aromatic nitrogens is 1. The average molecular weight is 316 g/mol. The van der Waals surface area contributed by atoms with E-state index in [4.69, 9.17) is 11.6 Å². The van der Waals surface area contributed by atoms with Crippen molar-refractivity contribution in [3.63, 3.8) is 0 Å². The van der Waals surface area contributed by atoms with Crippen LogP contribution in [0.15, 0.2) is 42.6 Å². The van der Waals surface area contributed by atoms with Crippen LogP contribution < -0.4 is 0 Å². The van der Waals surface area contributed by atoms with Gasteiger partial charge in [-0.2, -0.15) is 0 Å². The van der Waals surface area contributed by atoms with Crippen molar-refractivity contribution in [3.05, 3.63) is 64.4 Å². The van der Waals surface area contributed by atoms with Gasteiger partial charge in [0, 0.05) is 56.2 Å². The second-order valence-electron chi connectivity index (χ2n) is 5.93. The maximum atomic E-state index is 5.94. The Bertz CT molecular complexity index is 604. The van der Waals surface area contributed by atoms with E-state index in [9.17, 15) is 0 Å². The zero-order valence-corrected chi connectivity index (χ0v) is 13.8. The van der Waals surface area contributed by atoms with Crippen molar-refractivity contribution >= 4 is 11.6 Å². The van der Waals surface area contributed by atoms with Crippen LogP contribution in [0, 0.1) is 6.92 Å². The quantitative estimate of drug-likeness (QED) is 0.862. The third-order valence-electron chi connectivity index (χ3n) is 4.29. The number of pyridine rings is 1. The monoisotopic (exact) mass is 315 g/mol. The molecule has 1 aromatic carbocycles. The van der Waals surface area contributed by atoms with Crippen LogP contribution in [0.2, 0.25) is 5.02 Å². The summed E-state index contributed by atoms with van der Waals surface area (Å²) in [7, 11) is 0. The van der Waals surface area contributed by atoms with Crippen LogP contribution in [-0.4, -0.2) is 41.0 Å². The van der Waals surface area contributed by atoms with Gasteiger partial charge < -0.3 is 0 Å². The summed E-state index contributed by atoms with van der Waals surface area (Å²) in [5, 5.41) is 0.806. The van der Waals surface area contributed by atoms with Gasteiger partial charge in [0.05, 0.1) is 0 Å². The molecule has 0 radical (unpaired) electrons. The molecule has 1 saturated heterocycles. The Kier molecular flexibility index (Phi) is 5.08. The molecule has 0 amide bonds. The largest absolute Gasteiger partial charge is 0.297 e. The van der Waals surface area contributed by atoms with Crippen molar-refractivity contribution in [1.29, 1.82) is 0 Å². The zero-order chi connectivity index (χ0) is 15.4. The third-order valence-corrected chi connectivity index (χ3v) is 4.55. The van der Waals surface area contributed by atoms with Crippen molar-refractivity contribution in [2.75, 3.05) is 26.2 Å². The number of piperazine rings is 1. The lowest BCUT2D eigenvalue weighted by Gasteiger charge is -2.34. The predicted octanol–water partition coefficient (Wildman–Crippen LogP) is 3.36. The molecule has 0 atom stereocenters. The van der Waals surface area contributed by atoms with E-state index < -0.39 is 0 Å². The van der Waals surface area contributed by atoms with Gasteiger partial charge in [-0.3, -0.25) is 14.8 Å². The summed E-state index contributed by atoms with van der Waals surface area (Å²) in [4.78, 5) is 9.40. The Labute approximate surface area is 137 Å². The fourth-order valence-corrected chi connectivity index (χ4v) is 3.01. The Balaban J connectivity index is 1.50. The van der Waals surface area contributed by atoms with Gasteiger partial charge in [-0.1, -0.05) is 29.8 Å². The van der Waals surface area contributed by atoms with Gasteiger partial charge in [-0.15, -0.1) is 0 Å². The lowest BCUT2D eigenvalue weighted by atomic mass is 10.1. The molecule has 22 heavy (non-hydrogen) atoms. The lowest BCUT2D eigenvalue weighted by molar-refractivity contribution is 0.122. The smallest absolute Gasteiger partial charge is 0.0417 e. The first-order valence-electron chi connectivity index (χ1n) is 7.80. The number of benzene rings is 1. The summed E-state index contributed by atoms with van der Waals surface area (Å²) in [6.07, 6.45) is 1.86. The summed E-state index contributed by atoms with van der Waals surface area (Å²) < 4.78 is 0. The van der Waals surface area contributed by atoms with Crippen LogP contribution in [0.4, 0.5) is 0 Å². The number of aryl methyl sites for hydroxylation is 1. The molecule has 0 aliphatic carbocycles. The minimum absolute atomic E-state index is 0.806. The molecule has 1 aliphatic rings. The fraction of sp³-hybridized carbons (Fsp3) is 0.389. The molecule has 1 fully saturated rings. The minimum Gasteiger partial charge on any atom is -0.297 e. The first kappa shape index (κ1) is 15.5. The highest BCUT2D eigenvalue weighted by Gasteiger charge is 2.17. The molecule has 4 heteroatoms. The van der Waals surface area contributed by atoms with Crippen LogP contribution >= 0.6 is 11.6 Å². The SMILES string of the molecule is Cc1ncccc1CN1CCN(Cc2ccc(Cl)cc2)CC1. The van der Waals surface area contributed by atoms with E-state index in [0.29, 0.717) is 0 Å². The second kappa shape index (κ2) is 7.23. The van der Waals surface area contributed by atoms with Gasteiger partial charge in [0.25, 0.3) is 0 Å². The van der Waals surface area contributed by atoms with Crippen LogP contribution in [0.3, 0.4) is 0 Å². The molecule has 0 N–H and O–H groups in total. The van der Waals surface area contributed by atoms with Crippen molar-refractivity contribution < 1.29 is 0 Å². The summed E-state index contributed by atoms with van der Waals surface area (Å²) in [5.74, 6) is 0. The Hall–Kier alpha value is -1.42. The van der Waals surface area contributed by atoms with E-state index in [1.54, 1.807) is 0 Å². The molecule has 0 unspecified atom stereocenters. The van der Waals surface area contributed by atoms with Crippen LogP contribution in [0.25, 0.3) is 0 Å². The summed E-state index contributed by atoms with van der Waals surface area (Å²) in [6, 6.07) is 12.4. The van der Waals surface area contributed by atoms with Crippen LogP contribution in [0.5, 0.6) is 0 Å². The van der Waals surface area contributed by atoms with Gasteiger partial charge in [0.15, 0.2) is 0 Å². The molecule has 1 aromatic heterocycles. The van der Waals surface area contributed by atoms with Crippen molar-refractivity contribution in [1.82, 2.24) is 14.8 Å². The normalized spacial score (nSPS) is 16.8. The summed E-state index contributed by atoms with van der Waals surface area (Å²) in [5.41, 5.74) is 3.82. The Morgan fingerprint density at radius 3 is 2.23 bits per heavy atom. The van der Waals surface area contributed by atoms with Gasteiger partial charge in [-0.25, -0.2) is 0 Å². The Morgan fingerprint density at radius 1 is 0.955 bits per heavy atom. The van der Waals surface area contributed by atoms with Crippen molar-refractivity contribution in [2.45, 2.75) is 20.0 Å². The first-order valence-corrected chi connectivity index (χ1v) is 8.18. The van der Waals surface area contributed by atoms with Gasteiger partial charge in [-0.05, 0) is 36.2 Å². The number of halogens is 1. The highest BCUT2D eigenvalue weighted by atomic mass is 35.5. The van der Waals surface area contributed by atoms with Crippen molar-refractivity contribution in [2.24, 2.45) is 0 Å². The molecule has 3 rings (SSSR count). The molecule has 1 aliphatic heterocycles. The molecular weight excluding hydrogens is 294 g/mol. The minimum atomic E-state index is 0.806. The van der Waals surface area contributed by atoms with Gasteiger partial charge in [0.2, 0.25) is 0 Å². The van der Waals surface area contributed by atoms with Gasteiger partial charge in [0.1, 0.15) is 0 Å². The highest BCUT2D eigenvalue weighted by Crippen LogP contribution is 2.14. The fourth-order valence-electron chi connectivity index (χ4n) is 2.88. The van der Waals surface area contributed by atoms with Crippen LogP contribution in [0.1, 0.15) is 16.8 Å². The summed E-state index contributed by atoms with van der Waals surface area (Å²) >= 11 is 5.94. The van der Waals surface area contributed by atoms with E-state index in [2.05, 4.69) is 39.9 Å². The van der Waals surface area contributed by atoms with E-state index >= 15 is 0 Å². The standard InChI is InChI=1S/C18H22ClN3/c1-15-17(3-2-8-20-15)14-22-11-9-21(10-12-22)13-16-4-6-18(19)7-5-16/h2-8H,9-14H2,1H3. The van der Waals surface area contributed by atoms with Crippen molar-refractivity contribution in [3.8, 4) is 0 Å². The number of rotatable bonds is 4. The van der Waals surface area contributed by atoms with E-state index in [1.165, 1.54) is 11.1 Å². The zero-order valence-electron chi connectivity index (χ0n) is 13.0. The van der Waals surface area contributed by atoms with E-state index in [1.807, 2.05) is 24.4 Å². The lowest BCUT2D eigenvalue weighted by Crippen LogP contribution is -2.45. The van der Waals surface area contributed by atoms with Gasteiger partial charge >= 0.3 is 0 Å². The molecule has 0 spiro atoms. The topological polar surface area (TPSA) is 19.4 Å². The molecule has 3 nitrogen and oxygen atoms in total. The maximum Gasteiger partial charge on any atom is 0.0417 e. The molecule has 116 valence electrons. The number of hydrogen-bond acceptors (Lipinski definition) is 3. The Morgan fingerprint density at radius 2 is 1.59 bits per heavy atom. The first-order chi connectivity index (χ1) is 10.7. The number of hydrogen-bond donors (Lipinski definition) is 0. The average Bonchev–Trinajstić information content (AvgIpc) is 2.54. The summed E-state index contributed by atoms with van der Waals surface area (Å²) in [6.45, 7) is 8.56.